The summed E-state index contributed by atoms with van der Waals surface area (Å²) >= 11 is 0. The number of nitrogens with zero attached hydrogens (tertiary/aromatic N) is 2. The summed E-state index contributed by atoms with van der Waals surface area (Å²) in [7, 11) is -5.64. The van der Waals surface area contributed by atoms with Crippen molar-refractivity contribution in [2.24, 2.45) is 0 Å². The molecule has 0 aliphatic heterocycles. The Morgan fingerprint density at radius 1 is 1.20 bits per heavy atom. The smallest absolute Gasteiger partial charge is 0.384 e. The molecule has 0 aliphatic carbocycles. The molecule has 0 unspecified atom stereocenters. The topological polar surface area (TPSA) is 69.2 Å². The van der Waals surface area contributed by atoms with Crippen LogP contribution in [0.5, 0.6) is 0 Å². The SMILES string of the molecule is O=S(=O)(OC=Cc1ccc2cccnc2n1)C(F)(F)F. The number of pyridine rings is 2. The van der Waals surface area contributed by atoms with Gasteiger partial charge >= 0.3 is 15.6 Å². The van der Waals surface area contributed by atoms with E-state index < -0.39 is 15.6 Å². The van der Waals surface area contributed by atoms with Gasteiger partial charge in [0.05, 0.1) is 5.69 Å². The first kappa shape index (κ1) is 14.3. The highest BCUT2D eigenvalue weighted by atomic mass is 32.2. The van der Waals surface area contributed by atoms with Crippen LogP contribution in [0.1, 0.15) is 5.69 Å². The fourth-order valence-electron chi connectivity index (χ4n) is 1.29. The van der Waals surface area contributed by atoms with E-state index >= 15 is 0 Å². The van der Waals surface area contributed by atoms with Crippen molar-refractivity contribution in [2.75, 3.05) is 0 Å². The Morgan fingerprint density at radius 2 is 1.95 bits per heavy atom. The summed E-state index contributed by atoms with van der Waals surface area (Å²) in [6, 6.07) is 6.60. The lowest BCUT2D eigenvalue weighted by atomic mass is 10.2. The molecule has 20 heavy (non-hydrogen) atoms. The predicted octanol–water partition coefficient (Wildman–Crippen LogP) is 2.47. The average Bonchev–Trinajstić information content (AvgIpc) is 2.37. The average molecular weight is 304 g/mol. The van der Waals surface area contributed by atoms with Crippen LogP contribution in [-0.4, -0.2) is 23.9 Å². The van der Waals surface area contributed by atoms with Gasteiger partial charge in [-0.15, -0.1) is 0 Å². The Hall–Kier alpha value is -2.16. The molecule has 0 aromatic carbocycles. The maximum absolute atomic E-state index is 12.0. The van der Waals surface area contributed by atoms with Crippen LogP contribution < -0.4 is 0 Å². The van der Waals surface area contributed by atoms with Crippen LogP contribution in [0.4, 0.5) is 13.2 Å². The van der Waals surface area contributed by atoms with Crippen molar-refractivity contribution >= 4 is 27.2 Å². The number of hydrogen-bond donors (Lipinski definition) is 0. The molecule has 2 aromatic rings. The van der Waals surface area contributed by atoms with E-state index in [1.54, 1.807) is 18.2 Å². The highest BCUT2D eigenvalue weighted by molar-refractivity contribution is 7.87. The van der Waals surface area contributed by atoms with Crippen LogP contribution >= 0.6 is 0 Å². The Labute approximate surface area is 111 Å². The van der Waals surface area contributed by atoms with Crippen molar-refractivity contribution in [3.8, 4) is 0 Å². The Bertz CT molecular complexity index is 757. The number of hydrogen-bond acceptors (Lipinski definition) is 5. The van der Waals surface area contributed by atoms with E-state index in [0.717, 1.165) is 11.5 Å². The lowest BCUT2D eigenvalue weighted by Crippen LogP contribution is -2.23. The van der Waals surface area contributed by atoms with Gasteiger partial charge in [0.2, 0.25) is 0 Å². The third-order valence-corrected chi connectivity index (χ3v) is 3.12. The fraction of sp³-hybridized carbons (Fsp3) is 0.0909. The van der Waals surface area contributed by atoms with Crippen molar-refractivity contribution < 1.29 is 25.8 Å². The Balaban J connectivity index is 2.18. The maximum Gasteiger partial charge on any atom is 0.534 e. The van der Waals surface area contributed by atoms with E-state index in [2.05, 4.69) is 14.2 Å². The quantitative estimate of drug-likeness (QED) is 0.495. The largest absolute Gasteiger partial charge is 0.534 e. The van der Waals surface area contributed by atoms with E-state index in [4.69, 9.17) is 0 Å². The second-order valence-electron chi connectivity index (χ2n) is 3.59. The van der Waals surface area contributed by atoms with Gasteiger partial charge in [0.25, 0.3) is 0 Å². The lowest BCUT2D eigenvalue weighted by molar-refractivity contribution is -0.0514. The Kier molecular flexibility index (Phi) is 3.62. The zero-order valence-corrected chi connectivity index (χ0v) is 10.5. The number of halogens is 3. The minimum absolute atomic E-state index is 0.216. The molecule has 0 saturated heterocycles. The van der Waals surface area contributed by atoms with E-state index in [-0.39, 0.29) is 5.69 Å². The lowest BCUT2D eigenvalue weighted by Gasteiger charge is -2.05. The van der Waals surface area contributed by atoms with Crippen LogP contribution in [0.2, 0.25) is 0 Å². The van der Waals surface area contributed by atoms with Gasteiger partial charge in [-0.25, -0.2) is 9.97 Å². The van der Waals surface area contributed by atoms with Crippen molar-refractivity contribution in [1.29, 1.82) is 0 Å². The van der Waals surface area contributed by atoms with Gasteiger partial charge in [0, 0.05) is 17.7 Å². The molecule has 0 spiro atoms. The van der Waals surface area contributed by atoms with E-state index in [9.17, 15) is 21.6 Å². The molecule has 0 amide bonds. The van der Waals surface area contributed by atoms with E-state index in [0.29, 0.717) is 11.9 Å². The molecule has 5 nitrogen and oxygen atoms in total. The highest BCUT2D eigenvalue weighted by Crippen LogP contribution is 2.24. The maximum atomic E-state index is 12.0. The van der Waals surface area contributed by atoms with Gasteiger partial charge in [-0.1, -0.05) is 0 Å². The number of fused-ring (bicyclic) bond motifs is 1. The van der Waals surface area contributed by atoms with Crippen LogP contribution in [0.15, 0.2) is 36.7 Å². The van der Waals surface area contributed by atoms with Gasteiger partial charge < -0.3 is 4.18 Å². The van der Waals surface area contributed by atoms with E-state index in [1.165, 1.54) is 12.3 Å². The molecular weight excluding hydrogens is 297 g/mol. The summed E-state index contributed by atoms with van der Waals surface area (Å²) in [5.41, 5.74) is -4.86. The summed E-state index contributed by atoms with van der Waals surface area (Å²) in [6.07, 6.45) is 2.92. The van der Waals surface area contributed by atoms with Crippen molar-refractivity contribution in [3.63, 3.8) is 0 Å². The molecule has 0 radical (unpaired) electrons. The first-order valence-corrected chi connectivity index (χ1v) is 6.58. The number of aromatic nitrogens is 2. The minimum atomic E-state index is -5.64. The van der Waals surface area contributed by atoms with Gasteiger partial charge in [0.15, 0.2) is 5.65 Å². The second kappa shape index (κ2) is 5.08. The Morgan fingerprint density at radius 3 is 2.65 bits per heavy atom. The summed E-state index contributed by atoms with van der Waals surface area (Å²) in [6.45, 7) is 0. The zero-order valence-electron chi connectivity index (χ0n) is 9.70. The number of alkyl halides is 3. The normalized spacial score (nSPS) is 12.9. The van der Waals surface area contributed by atoms with Crippen LogP contribution in [0.3, 0.4) is 0 Å². The molecule has 0 aliphatic rings. The first-order valence-electron chi connectivity index (χ1n) is 5.17. The fourth-order valence-corrected chi connectivity index (χ4v) is 1.60. The minimum Gasteiger partial charge on any atom is -0.384 e. The zero-order chi connectivity index (χ0) is 14.8. The van der Waals surface area contributed by atoms with Gasteiger partial charge in [-0.2, -0.15) is 21.6 Å². The van der Waals surface area contributed by atoms with Crippen molar-refractivity contribution in [3.05, 3.63) is 42.4 Å². The van der Waals surface area contributed by atoms with Gasteiger partial charge in [-0.05, 0) is 24.3 Å². The standard InChI is InChI=1S/C11H7F3N2O3S/c12-11(13,14)20(17,18)19-7-5-9-4-3-8-2-1-6-15-10(8)16-9/h1-7H. The summed E-state index contributed by atoms with van der Waals surface area (Å²) in [5, 5.41) is 0.744. The third-order valence-electron chi connectivity index (χ3n) is 2.19. The molecule has 0 N–H and O–H groups in total. The molecule has 2 aromatic heterocycles. The molecule has 0 saturated carbocycles. The second-order valence-corrected chi connectivity index (χ2v) is 5.15. The predicted molar refractivity (Wildman–Crippen MR) is 64.6 cm³/mol. The molecule has 0 fully saturated rings. The van der Waals surface area contributed by atoms with Gasteiger partial charge in [0.1, 0.15) is 6.26 Å². The molecular formula is C11H7F3N2O3S. The van der Waals surface area contributed by atoms with Crippen LogP contribution in [0.25, 0.3) is 17.1 Å². The number of rotatable bonds is 3. The van der Waals surface area contributed by atoms with Crippen molar-refractivity contribution in [1.82, 2.24) is 9.97 Å². The summed E-state index contributed by atoms with van der Waals surface area (Å²) in [5.74, 6) is 0. The first-order chi connectivity index (χ1) is 9.29. The van der Waals surface area contributed by atoms with Crippen LogP contribution in [-0.2, 0) is 14.3 Å². The van der Waals surface area contributed by atoms with Crippen molar-refractivity contribution in [2.45, 2.75) is 5.51 Å². The van der Waals surface area contributed by atoms with Crippen LogP contribution in [0, 0.1) is 0 Å². The highest BCUT2D eigenvalue weighted by Gasteiger charge is 2.47. The monoisotopic (exact) mass is 304 g/mol. The summed E-state index contributed by atoms with van der Waals surface area (Å²) < 4.78 is 60.9. The molecule has 0 atom stereocenters. The molecule has 106 valence electrons. The summed E-state index contributed by atoms with van der Waals surface area (Å²) in [4.78, 5) is 7.96. The molecule has 2 rings (SSSR count). The molecule has 9 heteroatoms. The third kappa shape index (κ3) is 3.05. The molecule has 0 bridgehead atoms. The van der Waals surface area contributed by atoms with Gasteiger partial charge in [-0.3, -0.25) is 0 Å². The molecule has 2 heterocycles. The van der Waals surface area contributed by atoms with E-state index in [1.807, 2.05) is 0 Å².